The van der Waals surface area contributed by atoms with Gasteiger partial charge in [-0.15, -0.1) is 0 Å². The van der Waals surface area contributed by atoms with Crippen molar-refractivity contribution in [2.45, 2.75) is 5.38 Å². The van der Waals surface area contributed by atoms with Crippen molar-refractivity contribution in [3.63, 3.8) is 0 Å². The van der Waals surface area contributed by atoms with Gasteiger partial charge in [-0.1, -0.05) is 28.1 Å². The topological polar surface area (TPSA) is 0 Å². The fraction of sp³-hybridized carbons (Fsp3) is 0.143. The van der Waals surface area contributed by atoms with E-state index in [-0.39, 0.29) is 5.56 Å². The first-order valence-electron chi connectivity index (χ1n) is 2.83. The van der Waals surface area contributed by atoms with Crippen LogP contribution in [0.1, 0.15) is 5.56 Å². The SMILES string of the molecule is FC(F)(Cl)c1ccc(Br)cc1. The molecule has 0 aliphatic heterocycles. The Kier molecular flexibility index (Phi) is 2.50. The maximum Gasteiger partial charge on any atom is 0.348 e. The van der Waals surface area contributed by atoms with Gasteiger partial charge in [-0.2, -0.15) is 8.78 Å². The number of alkyl halides is 3. The molecule has 0 atom stereocenters. The summed E-state index contributed by atoms with van der Waals surface area (Å²) in [5, 5.41) is -3.26. The Balaban J connectivity index is 2.99. The van der Waals surface area contributed by atoms with Gasteiger partial charge in [-0.05, 0) is 23.7 Å². The first-order valence-corrected chi connectivity index (χ1v) is 4.00. The predicted molar refractivity (Wildman–Crippen MR) is 43.9 cm³/mol. The van der Waals surface area contributed by atoms with Gasteiger partial charge in [0.2, 0.25) is 0 Å². The minimum Gasteiger partial charge on any atom is -0.183 e. The molecule has 0 aliphatic rings. The lowest BCUT2D eigenvalue weighted by Crippen LogP contribution is -2.01. The largest absolute Gasteiger partial charge is 0.348 e. The van der Waals surface area contributed by atoms with Gasteiger partial charge < -0.3 is 0 Å². The van der Waals surface area contributed by atoms with Crippen LogP contribution in [0.25, 0.3) is 0 Å². The maximum atomic E-state index is 12.3. The van der Waals surface area contributed by atoms with Crippen LogP contribution in [0, 0.1) is 0 Å². The second-order valence-electron chi connectivity index (χ2n) is 2.00. The number of rotatable bonds is 1. The Labute approximate surface area is 76.3 Å². The van der Waals surface area contributed by atoms with Crippen LogP contribution in [-0.2, 0) is 5.38 Å². The van der Waals surface area contributed by atoms with Crippen molar-refractivity contribution in [1.82, 2.24) is 0 Å². The van der Waals surface area contributed by atoms with Crippen molar-refractivity contribution in [3.05, 3.63) is 34.3 Å². The quantitative estimate of drug-likeness (QED) is 0.657. The minimum absolute atomic E-state index is 0.192. The van der Waals surface area contributed by atoms with Crippen LogP contribution in [-0.4, -0.2) is 0 Å². The van der Waals surface area contributed by atoms with Crippen LogP contribution in [0.4, 0.5) is 8.78 Å². The Morgan fingerprint density at radius 1 is 1.18 bits per heavy atom. The highest BCUT2D eigenvalue weighted by atomic mass is 79.9. The van der Waals surface area contributed by atoms with Gasteiger partial charge in [0.15, 0.2) is 0 Å². The Bertz CT molecular complexity index is 240. The van der Waals surface area contributed by atoms with Crippen LogP contribution >= 0.6 is 27.5 Å². The molecule has 1 rings (SSSR count). The smallest absolute Gasteiger partial charge is 0.183 e. The van der Waals surface area contributed by atoms with Crippen LogP contribution in [0.15, 0.2) is 28.7 Å². The molecule has 1 aromatic carbocycles. The Hall–Kier alpha value is -0.150. The molecule has 0 saturated carbocycles. The highest BCUT2D eigenvalue weighted by molar-refractivity contribution is 9.10. The lowest BCUT2D eigenvalue weighted by atomic mass is 10.2. The van der Waals surface area contributed by atoms with Gasteiger partial charge in [0.25, 0.3) is 0 Å². The molecule has 0 spiro atoms. The highest BCUT2D eigenvalue weighted by Crippen LogP contribution is 2.32. The average Bonchev–Trinajstić information content (AvgIpc) is 1.86. The zero-order valence-corrected chi connectivity index (χ0v) is 7.66. The standard InChI is InChI=1S/C7H4BrClF2/c8-6-3-1-5(2-4-6)7(9,10)11/h1-4H. The fourth-order valence-corrected chi connectivity index (χ4v) is 1.03. The van der Waals surface area contributed by atoms with E-state index in [0.717, 1.165) is 4.47 Å². The molecule has 11 heavy (non-hydrogen) atoms. The Morgan fingerprint density at radius 3 is 2.00 bits per heavy atom. The van der Waals surface area contributed by atoms with Crippen LogP contribution < -0.4 is 0 Å². The number of halogens is 4. The predicted octanol–water partition coefficient (Wildman–Crippen LogP) is 3.74. The van der Waals surface area contributed by atoms with E-state index >= 15 is 0 Å². The van der Waals surface area contributed by atoms with E-state index in [4.69, 9.17) is 11.6 Å². The van der Waals surface area contributed by atoms with E-state index in [1.807, 2.05) is 0 Å². The normalized spacial score (nSPS) is 11.6. The van der Waals surface area contributed by atoms with E-state index in [1.54, 1.807) is 0 Å². The van der Waals surface area contributed by atoms with E-state index in [9.17, 15) is 8.78 Å². The molecule has 0 aliphatic carbocycles. The molecule has 0 unspecified atom stereocenters. The first kappa shape index (κ1) is 8.94. The first-order chi connectivity index (χ1) is 5.00. The monoisotopic (exact) mass is 240 g/mol. The summed E-state index contributed by atoms with van der Waals surface area (Å²) >= 11 is 7.89. The molecule has 0 heterocycles. The van der Waals surface area contributed by atoms with Gasteiger partial charge in [0.05, 0.1) is 0 Å². The molecular formula is C7H4BrClF2. The van der Waals surface area contributed by atoms with Crippen LogP contribution in [0.5, 0.6) is 0 Å². The molecule has 60 valence electrons. The van der Waals surface area contributed by atoms with E-state index in [0.29, 0.717) is 0 Å². The summed E-state index contributed by atoms with van der Waals surface area (Å²) in [6.45, 7) is 0. The molecule has 0 saturated heterocycles. The van der Waals surface area contributed by atoms with Crippen molar-refractivity contribution in [2.24, 2.45) is 0 Å². The molecule has 0 aromatic heterocycles. The summed E-state index contributed by atoms with van der Waals surface area (Å²) in [6.07, 6.45) is 0. The summed E-state index contributed by atoms with van der Waals surface area (Å²) in [6, 6.07) is 5.59. The van der Waals surface area contributed by atoms with Gasteiger partial charge in [0.1, 0.15) is 0 Å². The minimum atomic E-state index is -3.26. The van der Waals surface area contributed by atoms with E-state index < -0.39 is 5.38 Å². The average molecular weight is 241 g/mol. The molecule has 0 fully saturated rings. The molecule has 0 nitrogen and oxygen atoms in total. The summed E-state index contributed by atoms with van der Waals surface area (Å²) in [5.41, 5.74) is -0.192. The summed E-state index contributed by atoms with van der Waals surface area (Å²) in [5.74, 6) is 0. The number of benzene rings is 1. The molecule has 0 amide bonds. The second-order valence-corrected chi connectivity index (χ2v) is 3.40. The van der Waals surface area contributed by atoms with Crippen LogP contribution in [0.3, 0.4) is 0 Å². The van der Waals surface area contributed by atoms with Gasteiger partial charge >= 0.3 is 5.38 Å². The molecule has 0 bridgehead atoms. The zero-order chi connectivity index (χ0) is 8.48. The van der Waals surface area contributed by atoms with E-state index in [1.165, 1.54) is 24.3 Å². The second kappa shape index (κ2) is 3.07. The van der Waals surface area contributed by atoms with Crippen LogP contribution in [0.2, 0.25) is 0 Å². The fourth-order valence-electron chi connectivity index (χ4n) is 0.639. The lowest BCUT2D eigenvalue weighted by molar-refractivity contribution is 0.0951. The highest BCUT2D eigenvalue weighted by Gasteiger charge is 2.26. The van der Waals surface area contributed by atoms with Crippen molar-refractivity contribution >= 4 is 27.5 Å². The lowest BCUT2D eigenvalue weighted by Gasteiger charge is -2.06. The van der Waals surface area contributed by atoms with E-state index in [2.05, 4.69) is 15.9 Å². The molecular weight excluding hydrogens is 237 g/mol. The number of hydrogen-bond acceptors (Lipinski definition) is 0. The third-order valence-corrected chi connectivity index (χ3v) is 1.92. The molecule has 4 heteroatoms. The summed E-state index contributed by atoms with van der Waals surface area (Å²) in [7, 11) is 0. The van der Waals surface area contributed by atoms with Gasteiger partial charge in [-0.25, -0.2) is 0 Å². The van der Waals surface area contributed by atoms with Crippen molar-refractivity contribution in [2.75, 3.05) is 0 Å². The summed E-state index contributed by atoms with van der Waals surface area (Å²) in [4.78, 5) is 0. The third kappa shape index (κ3) is 2.42. The Morgan fingerprint density at radius 2 is 1.64 bits per heavy atom. The molecule has 0 N–H and O–H groups in total. The zero-order valence-electron chi connectivity index (χ0n) is 5.32. The van der Waals surface area contributed by atoms with Crippen molar-refractivity contribution in [3.8, 4) is 0 Å². The van der Waals surface area contributed by atoms with Gasteiger partial charge in [-0.3, -0.25) is 0 Å². The third-order valence-electron chi connectivity index (χ3n) is 1.17. The molecule has 0 radical (unpaired) electrons. The number of hydrogen-bond donors (Lipinski definition) is 0. The van der Waals surface area contributed by atoms with Crippen molar-refractivity contribution in [1.29, 1.82) is 0 Å². The van der Waals surface area contributed by atoms with Crippen molar-refractivity contribution < 1.29 is 8.78 Å². The summed E-state index contributed by atoms with van der Waals surface area (Å²) < 4.78 is 25.4. The molecule has 1 aromatic rings. The maximum absolute atomic E-state index is 12.3. The van der Waals surface area contributed by atoms with Gasteiger partial charge in [0, 0.05) is 10.0 Å².